The van der Waals surface area contributed by atoms with Gasteiger partial charge in [0.25, 0.3) is 0 Å². The second kappa shape index (κ2) is 9.74. The molecule has 118 valence electrons. The molecule has 0 bridgehead atoms. The fourth-order valence-corrected chi connectivity index (χ4v) is 2.97. The molecule has 0 radical (unpaired) electrons. The summed E-state index contributed by atoms with van der Waals surface area (Å²) in [7, 11) is 0. The molecule has 2 aromatic carbocycles. The Bertz CT molecular complexity index is 473. The lowest BCUT2D eigenvalue weighted by Crippen LogP contribution is -1.88. The van der Waals surface area contributed by atoms with Crippen molar-refractivity contribution >= 4 is 12.6 Å². The number of hydrogen-bond donors (Lipinski definition) is 1. The van der Waals surface area contributed by atoms with E-state index in [1.165, 1.54) is 60.8 Å². The van der Waals surface area contributed by atoms with Crippen LogP contribution in [0.2, 0.25) is 0 Å². The van der Waals surface area contributed by atoms with E-state index in [0.717, 1.165) is 12.2 Å². The van der Waals surface area contributed by atoms with Crippen LogP contribution in [-0.4, -0.2) is 5.75 Å². The van der Waals surface area contributed by atoms with Gasteiger partial charge in [0.2, 0.25) is 0 Å². The van der Waals surface area contributed by atoms with Crippen molar-refractivity contribution in [3.05, 3.63) is 59.7 Å². The maximum absolute atomic E-state index is 4.27. The first-order valence-electron chi connectivity index (χ1n) is 8.62. The van der Waals surface area contributed by atoms with Gasteiger partial charge >= 0.3 is 0 Å². The largest absolute Gasteiger partial charge is 0.179 e. The van der Waals surface area contributed by atoms with Crippen LogP contribution in [0.3, 0.4) is 0 Å². The van der Waals surface area contributed by atoms with Gasteiger partial charge in [-0.15, -0.1) is 0 Å². The third kappa shape index (κ3) is 5.53. The minimum Gasteiger partial charge on any atom is -0.179 e. The van der Waals surface area contributed by atoms with Crippen LogP contribution < -0.4 is 0 Å². The van der Waals surface area contributed by atoms with Crippen molar-refractivity contribution in [1.29, 1.82) is 0 Å². The van der Waals surface area contributed by atoms with Gasteiger partial charge in [0.05, 0.1) is 0 Å². The normalized spacial score (nSPS) is 10.8. The molecular weight excluding hydrogens is 284 g/mol. The van der Waals surface area contributed by atoms with Crippen molar-refractivity contribution in [2.24, 2.45) is 0 Å². The summed E-state index contributed by atoms with van der Waals surface area (Å²) in [5, 5.41) is 0. The predicted molar refractivity (Wildman–Crippen MR) is 102 cm³/mol. The quantitative estimate of drug-likeness (QED) is 0.405. The lowest BCUT2D eigenvalue weighted by atomic mass is 9.99. The number of thiol groups is 1. The van der Waals surface area contributed by atoms with Gasteiger partial charge < -0.3 is 0 Å². The van der Waals surface area contributed by atoms with Crippen molar-refractivity contribution in [2.45, 2.75) is 51.9 Å². The van der Waals surface area contributed by atoms with Gasteiger partial charge in [0.1, 0.15) is 0 Å². The van der Waals surface area contributed by atoms with Gasteiger partial charge in [-0.3, -0.25) is 0 Å². The van der Waals surface area contributed by atoms with E-state index in [9.17, 15) is 0 Å². The molecule has 0 atom stereocenters. The van der Waals surface area contributed by atoms with E-state index in [1.807, 2.05) is 0 Å². The van der Waals surface area contributed by atoms with E-state index in [1.54, 1.807) is 0 Å². The van der Waals surface area contributed by atoms with E-state index >= 15 is 0 Å². The monoisotopic (exact) mass is 312 g/mol. The first kappa shape index (κ1) is 17.1. The van der Waals surface area contributed by atoms with Gasteiger partial charge in [0, 0.05) is 0 Å². The second-order valence-electron chi connectivity index (χ2n) is 6.03. The third-order valence-electron chi connectivity index (χ3n) is 4.18. The minimum atomic E-state index is 0.989. The molecule has 2 aromatic rings. The van der Waals surface area contributed by atoms with Crippen LogP contribution in [0.15, 0.2) is 48.5 Å². The zero-order valence-electron chi connectivity index (χ0n) is 13.7. The SMILES string of the molecule is CCCCCc1ccc(-c2ccc(CCCCS)cc2)cc1. The fraction of sp³-hybridized carbons (Fsp3) is 0.429. The standard InChI is InChI=1S/C21H28S/c1-2-3-4-7-18-9-13-20(14-10-18)21-15-11-19(12-16-21)8-5-6-17-22/h9-16,22H,2-8,17H2,1H3. The van der Waals surface area contributed by atoms with E-state index in [0.29, 0.717) is 0 Å². The van der Waals surface area contributed by atoms with Crippen LogP contribution >= 0.6 is 12.6 Å². The highest BCUT2D eigenvalue weighted by atomic mass is 32.1. The molecule has 0 N–H and O–H groups in total. The van der Waals surface area contributed by atoms with Gasteiger partial charge in [-0.1, -0.05) is 68.3 Å². The van der Waals surface area contributed by atoms with Crippen molar-refractivity contribution in [3.8, 4) is 11.1 Å². The third-order valence-corrected chi connectivity index (χ3v) is 4.50. The molecule has 0 aromatic heterocycles. The Hall–Kier alpha value is -1.21. The Balaban J connectivity index is 1.93. The molecule has 0 aliphatic rings. The molecule has 0 nitrogen and oxygen atoms in total. The van der Waals surface area contributed by atoms with Crippen molar-refractivity contribution in [3.63, 3.8) is 0 Å². The van der Waals surface area contributed by atoms with Crippen LogP contribution in [0, 0.1) is 0 Å². The highest BCUT2D eigenvalue weighted by molar-refractivity contribution is 7.80. The number of rotatable bonds is 9. The van der Waals surface area contributed by atoms with Gasteiger partial charge in [0.15, 0.2) is 0 Å². The molecule has 1 heteroatoms. The zero-order chi connectivity index (χ0) is 15.6. The predicted octanol–water partition coefficient (Wildman–Crippen LogP) is 6.34. The summed E-state index contributed by atoms with van der Waals surface area (Å²) in [5.41, 5.74) is 5.53. The average Bonchev–Trinajstić information content (AvgIpc) is 2.57. The summed E-state index contributed by atoms with van der Waals surface area (Å²) in [6.07, 6.45) is 8.72. The highest BCUT2D eigenvalue weighted by Gasteiger charge is 2.00. The maximum Gasteiger partial charge on any atom is -0.00978 e. The van der Waals surface area contributed by atoms with E-state index in [2.05, 4.69) is 68.1 Å². The Morgan fingerprint density at radius 2 is 1.09 bits per heavy atom. The van der Waals surface area contributed by atoms with Crippen LogP contribution in [0.1, 0.15) is 50.2 Å². The Labute approximate surface area is 141 Å². The molecule has 0 heterocycles. The minimum absolute atomic E-state index is 0.989. The molecule has 0 amide bonds. The van der Waals surface area contributed by atoms with Gasteiger partial charge in [-0.25, -0.2) is 0 Å². The molecule has 0 aliphatic heterocycles. The average molecular weight is 313 g/mol. The van der Waals surface area contributed by atoms with Crippen LogP contribution in [0.25, 0.3) is 11.1 Å². The molecule has 0 aliphatic carbocycles. The highest BCUT2D eigenvalue weighted by Crippen LogP contribution is 2.21. The van der Waals surface area contributed by atoms with Crippen molar-refractivity contribution in [1.82, 2.24) is 0 Å². The summed E-state index contributed by atoms with van der Waals surface area (Å²) >= 11 is 4.27. The number of unbranched alkanes of at least 4 members (excludes halogenated alkanes) is 3. The Kier molecular flexibility index (Phi) is 7.59. The molecule has 0 fully saturated rings. The van der Waals surface area contributed by atoms with Gasteiger partial charge in [-0.2, -0.15) is 12.6 Å². The van der Waals surface area contributed by atoms with Crippen LogP contribution in [0.5, 0.6) is 0 Å². The maximum atomic E-state index is 4.27. The fourth-order valence-electron chi connectivity index (χ4n) is 2.75. The molecule has 0 spiro atoms. The van der Waals surface area contributed by atoms with Crippen LogP contribution in [-0.2, 0) is 12.8 Å². The van der Waals surface area contributed by atoms with Crippen LogP contribution in [0.4, 0.5) is 0 Å². The van der Waals surface area contributed by atoms with Crippen molar-refractivity contribution in [2.75, 3.05) is 5.75 Å². The lowest BCUT2D eigenvalue weighted by molar-refractivity contribution is 0.717. The summed E-state index contributed by atoms with van der Waals surface area (Å²) in [4.78, 5) is 0. The van der Waals surface area contributed by atoms with E-state index in [-0.39, 0.29) is 0 Å². The first-order valence-corrected chi connectivity index (χ1v) is 9.26. The molecule has 2 rings (SSSR count). The molecule has 0 saturated carbocycles. The molecule has 0 saturated heterocycles. The summed E-state index contributed by atoms with van der Waals surface area (Å²) in [6.45, 7) is 2.26. The smallest absolute Gasteiger partial charge is 0.00978 e. The van der Waals surface area contributed by atoms with Crippen molar-refractivity contribution < 1.29 is 0 Å². The lowest BCUT2D eigenvalue weighted by Gasteiger charge is -2.06. The zero-order valence-corrected chi connectivity index (χ0v) is 14.6. The molecular formula is C21H28S. The summed E-state index contributed by atoms with van der Waals surface area (Å²) in [5.74, 6) is 0.989. The number of hydrogen-bond acceptors (Lipinski definition) is 1. The van der Waals surface area contributed by atoms with E-state index < -0.39 is 0 Å². The number of benzene rings is 2. The van der Waals surface area contributed by atoms with Gasteiger partial charge in [-0.05, 0) is 60.1 Å². The number of aryl methyl sites for hydroxylation is 2. The topological polar surface area (TPSA) is 0 Å². The molecule has 22 heavy (non-hydrogen) atoms. The Morgan fingerprint density at radius 3 is 1.50 bits per heavy atom. The summed E-state index contributed by atoms with van der Waals surface area (Å²) < 4.78 is 0. The summed E-state index contributed by atoms with van der Waals surface area (Å²) in [6, 6.07) is 18.1. The van der Waals surface area contributed by atoms with E-state index in [4.69, 9.17) is 0 Å². The molecule has 0 unspecified atom stereocenters. The second-order valence-corrected chi connectivity index (χ2v) is 6.48. The first-order chi connectivity index (χ1) is 10.8. The Morgan fingerprint density at radius 1 is 0.636 bits per heavy atom.